The van der Waals surface area contributed by atoms with Crippen LogP contribution in [0.3, 0.4) is 0 Å². The molecule has 0 aliphatic rings. The molecule has 0 aliphatic carbocycles. The molecule has 1 atom stereocenters. The van der Waals surface area contributed by atoms with Gasteiger partial charge < -0.3 is 10.1 Å². The molecule has 2 heteroatoms. The van der Waals surface area contributed by atoms with Crippen molar-refractivity contribution in [3.05, 3.63) is 29.8 Å². The van der Waals surface area contributed by atoms with Crippen LogP contribution >= 0.6 is 0 Å². The molecular formula is C18H31NO. The fourth-order valence-electron chi connectivity index (χ4n) is 2.27. The van der Waals surface area contributed by atoms with E-state index >= 15 is 0 Å². The van der Waals surface area contributed by atoms with Gasteiger partial charge >= 0.3 is 0 Å². The molecule has 0 amide bonds. The number of nitrogens with one attached hydrogen (secondary N) is 1. The third kappa shape index (κ3) is 7.54. The number of unbranched alkanes of at least 4 members (excludes halogenated alkanes) is 4. The number of hydrogen-bond acceptors (Lipinski definition) is 2. The van der Waals surface area contributed by atoms with Gasteiger partial charge in [0.15, 0.2) is 0 Å². The lowest BCUT2D eigenvalue weighted by molar-refractivity contribution is 0.193. The van der Waals surface area contributed by atoms with Gasteiger partial charge in [0, 0.05) is 6.54 Å². The summed E-state index contributed by atoms with van der Waals surface area (Å²) in [6.45, 7) is 8.59. The molecule has 1 unspecified atom stereocenters. The van der Waals surface area contributed by atoms with Crippen LogP contribution in [0.15, 0.2) is 24.3 Å². The van der Waals surface area contributed by atoms with Gasteiger partial charge in [0.25, 0.3) is 0 Å². The Labute approximate surface area is 124 Å². The highest BCUT2D eigenvalue weighted by Crippen LogP contribution is 2.15. The molecule has 0 radical (unpaired) electrons. The van der Waals surface area contributed by atoms with Gasteiger partial charge in [-0.2, -0.15) is 0 Å². The number of ether oxygens (including phenoxy) is 1. The van der Waals surface area contributed by atoms with Crippen molar-refractivity contribution in [2.24, 2.45) is 0 Å². The molecule has 20 heavy (non-hydrogen) atoms. The first kappa shape index (κ1) is 17.0. The molecule has 1 N–H and O–H groups in total. The Morgan fingerprint density at radius 1 is 1.10 bits per heavy atom. The second kappa shape index (κ2) is 10.7. The zero-order valence-corrected chi connectivity index (χ0v) is 13.5. The summed E-state index contributed by atoms with van der Waals surface area (Å²) in [6, 6.07) is 8.30. The minimum Gasteiger partial charge on any atom is -0.489 e. The molecule has 0 spiro atoms. The molecule has 1 rings (SSSR count). The molecule has 114 valence electrons. The number of aryl methyl sites for hydroxylation is 1. The largest absolute Gasteiger partial charge is 0.489 e. The Balaban J connectivity index is 2.16. The fraction of sp³-hybridized carbons (Fsp3) is 0.667. The lowest BCUT2D eigenvalue weighted by Crippen LogP contribution is -2.31. The van der Waals surface area contributed by atoms with E-state index in [4.69, 9.17) is 4.74 Å². The zero-order chi connectivity index (χ0) is 14.6. The molecule has 0 heterocycles. The van der Waals surface area contributed by atoms with Crippen molar-refractivity contribution in [1.29, 1.82) is 0 Å². The summed E-state index contributed by atoms with van der Waals surface area (Å²) in [5, 5.41) is 3.52. The average Bonchev–Trinajstić information content (AvgIpc) is 2.45. The lowest BCUT2D eigenvalue weighted by Gasteiger charge is -2.18. The Bertz CT molecular complexity index is 351. The number of hydrogen-bond donors (Lipinski definition) is 1. The molecule has 1 aromatic rings. The Morgan fingerprint density at radius 2 is 1.90 bits per heavy atom. The Morgan fingerprint density at radius 3 is 2.60 bits per heavy atom. The van der Waals surface area contributed by atoms with Crippen LogP contribution in [0.2, 0.25) is 0 Å². The minimum absolute atomic E-state index is 0.271. The van der Waals surface area contributed by atoms with Gasteiger partial charge in [0.1, 0.15) is 11.9 Å². The van der Waals surface area contributed by atoms with Crippen molar-refractivity contribution in [3.63, 3.8) is 0 Å². The maximum absolute atomic E-state index is 6.03. The normalized spacial score (nSPS) is 12.3. The van der Waals surface area contributed by atoms with Gasteiger partial charge in [0.05, 0.1) is 0 Å². The Kier molecular flexibility index (Phi) is 9.14. The van der Waals surface area contributed by atoms with E-state index in [0.717, 1.165) is 25.3 Å². The van der Waals surface area contributed by atoms with Gasteiger partial charge in [-0.1, -0.05) is 51.7 Å². The smallest absolute Gasteiger partial charge is 0.120 e. The van der Waals surface area contributed by atoms with Crippen molar-refractivity contribution in [2.45, 2.75) is 65.4 Å². The summed E-state index contributed by atoms with van der Waals surface area (Å²) in [6.07, 6.45) is 7.99. The topological polar surface area (TPSA) is 21.3 Å². The predicted octanol–water partition coefficient (Wildman–Crippen LogP) is 4.71. The molecule has 0 aliphatic heterocycles. The van der Waals surface area contributed by atoms with Crippen LogP contribution in [-0.2, 0) is 0 Å². The second-order valence-electron chi connectivity index (χ2n) is 5.58. The van der Waals surface area contributed by atoms with Crippen LogP contribution < -0.4 is 10.1 Å². The summed E-state index contributed by atoms with van der Waals surface area (Å²) in [5.41, 5.74) is 1.25. The molecule has 0 saturated heterocycles. The predicted molar refractivity (Wildman–Crippen MR) is 87.5 cm³/mol. The van der Waals surface area contributed by atoms with E-state index in [9.17, 15) is 0 Å². The van der Waals surface area contributed by atoms with E-state index in [-0.39, 0.29) is 6.10 Å². The maximum Gasteiger partial charge on any atom is 0.120 e. The maximum atomic E-state index is 6.03. The van der Waals surface area contributed by atoms with Gasteiger partial charge in [-0.15, -0.1) is 0 Å². The van der Waals surface area contributed by atoms with Crippen LogP contribution in [0.25, 0.3) is 0 Å². The highest BCUT2D eigenvalue weighted by atomic mass is 16.5. The monoisotopic (exact) mass is 277 g/mol. The first-order valence-electron chi connectivity index (χ1n) is 8.20. The number of rotatable bonds is 11. The average molecular weight is 277 g/mol. The summed E-state index contributed by atoms with van der Waals surface area (Å²) in [5.74, 6) is 0.988. The molecule has 0 fully saturated rings. The molecule has 0 aromatic heterocycles. The van der Waals surface area contributed by atoms with E-state index < -0.39 is 0 Å². The third-order valence-corrected chi connectivity index (χ3v) is 3.58. The third-order valence-electron chi connectivity index (χ3n) is 3.58. The van der Waals surface area contributed by atoms with E-state index in [1.807, 2.05) is 6.07 Å². The van der Waals surface area contributed by atoms with Crippen LogP contribution in [0, 0.1) is 6.92 Å². The standard InChI is InChI=1S/C18H31NO/c1-4-6-7-8-9-13-19-15-17(5-2)20-18-12-10-11-16(3)14-18/h10-12,14,17,19H,4-9,13,15H2,1-3H3. The summed E-state index contributed by atoms with van der Waals surface area (Å²) in [7, 11) is 0. The van der Waals surface area contributed by atoms with E-state index in [1.54, 1.807) is 0 Å². The first-order chi connectivity index (χ1) is 9.76. The lowest BCUT2D eigenvalue weighted by atomic mass is 10.1. The van der Waals surface area contributed by atoms with Crippen molar-refractivity contribution in [2.75, 3.05) is 13.1 Å². The first-order valence-corrected chi connectivity index (χ1v) is 8.20. The molecule has 0 bridgehead atoms. The van der Waals surface area contributed by atoms with Crippen LogP contribution in [0.1, 0.15) is 57.9 Å². The quantitative estimate of drug-likeness (QED) is 0.591. The Hall–Kier alpha value is -1.02. The van der Waals surface area contributed by atoms with Crippen molar-refractivity contribution < 1.29 is 4.74 Å². The molecule has 1 aromatic carbocycles. The SMILES string of the molecule is CCCCCCCNCC(CC)Oc1cccc(C)c1. The van der Waals surface area contributed by atoms with Crippen LogP contribution in [0.4, 0.5) is 0 Å². The van der Waals surface area contributed by atoms with Gasteiger partial charge in [-0.3, -0.25) is 0 Å². The van der Waals surface area contributed by atoms with Gasteiger partial charge in [-0.05, 0) is 44.0 Å². The minimum atomic E-state index is 0.271. The van der Waals surface area contributed by atoms with Crippen molar-refractivity contribution in [3.8, 4) is 5.75 Å². The van der Waals surface area contributed by atoms with Crippen LogP contribution in [-0.4, -0.2) is 19.2 Å². The highest BCUT2D eigenvalue weighted by molar-refractivity contribution is 5.27. The van der Waals surface area contributed by atoms with E-state index in [1.165, 1.54) is 37.7 Å². The number of benzene rings is 1. The summed E-state index contributed by atoms with van der Waals surface area (Å²) < 4.78 is 6.03. The highest BCUT2D eigenvalue weighted by Gasteiger charge is 2.07. The molecular weight excluding hydrogens is 246 g/mol. The van der Waals surface area contributed by atoms with Crippen molar-refractivity contribution >= 4 is 0 Å². The fourth-order valence-corrected chi connectivity index (χ4v) is 2.27. The van der Waals surface area contributed by atoms with Gasteiger partial charge in [0.2, 0.25) is 0 Å². The van der Waals surface area contributed by atoms with Gasteiger partial charge in [-0.25, -0.2) is 0 Å². The van der Waals surface area contributed by atoms with E-state index in [0.29, 0.717) is 0 Å². The second-order valence-corrected chi connectivity index (χ2v) is 5.58. The van der Waals surface area contributed by atoms with Crippen LogP contribution in [0.5, 0.6) is 5.75 Å². The molecule has 0 saturated carbocycles. The van der Waals surface area contributed by atoms with Crippen molar-refractivity contribution in [1.82, 2.24) is 5.32 Å². The summed E-state index contributed by atoms with van der Waals surface area (Å²) >= 11 is 0. The molecule has 2 nitrogen and oxygen atoms in total. The summed E-state index contributed by atoms with van der Waals surface area (Å²) in [4.78, 5) is 0. The van der Waals surface area contributed by atoms with E-state index in [2.05, 4.69) is 44.3 Å². The zero-order valence-electron chi connectivity index (χ0n) is 13.5.